The van der Waals surface area contributed by atoms with Crippen LogP contribution in [0.15, 0.2) is 48.5 Å². The van der Waals surface area contributed by atoms with Gasteiger partial charge in [-0.25, -0.2) is 4.68 Å². The van der Waals surface area contributed by atoms with E-state index >= 15 is 0 Å². The molecule has 2 heterocycles. The number of nitrogens with zero attached hydrogens (tertiary/aromatic N) is 3. The first-order chi connectivity index (χ1) is 17.5. The lowest BCUT2D eigenvalue weighted by atomic mass is 10.1. The SMILES string of the molecule is CNC(=O)c1nn(-c2ccc(OC)cc2)c(C(=O)Nc2ccc(N3CCCCC3=O)cc2)c1CCCl. The number of amides is 3. The Labute approximate surface area is 214 Å². The Balaban J connectivity index is 1.68. The van der Waals surface area contributed by atoms with E-state index in [-0.39, 0.29) is 29.6 Å². The maximum atomic E-state index is 13.6. The fourth-order valence-corrected chi connectivity index (χ4v) is 4.41. The molecular weight excluding hydrogens is 482 g/mol. The topological polar surface area (TPSA) is 106 Å². The van der Waals surface area contributed by atoms with E-state index in [1.807, 2.05) is 12.1 Å². The summed E-state index contributed by atoms with van der Waals surface area (Å²) < 4.78 is 6.68. The van der Waals surface area contributed by atoms with Gasteiger partial charge in [-0.2, -0.15) is 5.10 Å². The highest BCUT2D eigenvalue weighted by molar-refractivity contribution is 6.18. The van der Waals surface area contributed by atoms with E-state index in [0.29, 0.717) is 35.7 Å². The molecule has 1 aliphatic heterocycles. The summed E-state index contributed by atoms with van der Waals surface area (Å²) in [5.41, 5.74) is 2.74. The molecule has 0 aliphatic carbocycles. The fraction of sp³-hybridized carbons (Fsp3) is 0.308. The van der Waals surface area contributed by atoms with Crippen molar-refractivity contribution in [2.24, 2.45) is 0 Å². The third-order valence-electron chi connectivity index (χ3n) is 6.06. The number of carbonyl (C=O) groups excluding carboxylic acids is 3. The number of ether oxygens (including phenoxy) is 1. The molecular formula is C26H28ClN5O4. The van der Waals surface area contributed by atoms with Crippen molar-refractivity contribution < 1.29 is 19.1 Å². The number of aromatic nitrogens is 2. The molecule has 4 rings (SSSR count). The summed E-state index contributed by atoms with van der Waals surface area (Å²) >= 11 is 6.04. The minimum Gasteiger partial charge on any atom is -0.497 e. The Hall–Kier alpha value is -3.85. The van der Waals surface area contributed by atoms with Crippen LogP contribution in [0, 0.1) is 0 Å². The first-order valence-corrected chi connectivity index (χ1v) is 12.3. The van der Waals surface area contributed by atoms with Gasteiger partial charge in [0.2, 0.25) is 5.91 Å². The molecule has 0 unspecified atom stereocenters. The Morgan fingerprint density at radius 1 is 1.03 bits per heavy atom. The molecule has 0 saturated carbocycles. The second-order valence-electron chi connectivity index (χ2n) is 8.31. The molecule has 188 valence electrons. The van der Waals surface area contributed by atoms with E-state index in [1.165, 1.54) is 11.7 Å². The van der Waals surface area contributed by atoms with Gasteiger partial charge in [-0.1, -0.05) is 0 Å². The highest BCUT2D eigenvalue weighted by Gasteiger charge is 2.27. The van der Waals surface area contributed by atoms with Crippen LogP contribution in [-0.2, 0) is 11.2 Å². The maximum absolute atomic E-state index is 13.6. The van der Waals surface area contributed by atoms with Crippen molar-refractivity contribution in [2.45, 2.75) is 25.7 Å². The minimum atomic E-state index is -0.435. The fourth-order valence-electron chi connectivity index (χ4n) is 4.22. The zero-order valence-corrected chi connectivity index (χ0v) is 21.0. The summed E-state index contributed by atoms with van der Waals surface area (Å²) in [5.74, 6) is 0.116. The first kappa shape index (κ1) is 25.2. The van der Waals surface area contributed by atoms with Crippen LogP contribution >= 0.6 is 11.6 Å². The molecule has 2 aromatic carbocycles. The third kappa shape index (κ3) is 5.21. The lowest BCUT2D eigenvalue weighted by molar-refractivity contribution is -0.119. The van der Waals surface area contributed by atoms with E-state index in [9.17, 15) is 14.4 Å². The number of benzene rings is 2. The normalized spacial score (nSPS) is 13.4. The molecule has 1 saturated heterocycles. The van der Waals surface area contributed by atoms with Crippen LogP contribution < -0.4 is 20.3 Å². The molecule has 1 fully saturated rings. The summed E-state index contributed by atoms with van der Waals surface area (Å²) in [7, 11) is 3.07. The van der Waals surface area contributed by atoms with Crippen molar-refractivity contribution in [1.82, 2.24) is 15.1 Å². The number of carbonyl (C=O) groups is 3. The van der Waals surface area contributed by atoms with Crippen molar-refractivity contribution in [3.63, 3.8) is 0 Å². The van der Waals surface area contributed by atoms with Gasteiger partial charge in [-0.05, 0) is 67.8 Å². The van der Waals surface area contributed by atoms with E-state index in [4.69, 9.17) is 16.3 Å². The van der Waals surface area contributed by atoms with Crippen LogP contribution in [0.4, 0.5) is 11.4 Å². The predicted octanol–water partition coefficient (Wildman–Crippen LogP) is 3.79. The quantitative estimate of drug-likeness (QED) is 0.449. The molecule has 10 heteroatoms. The Morgan fingerprint density at radius 2 is 1.72 bits per heavy atom. The van der Waals surface area contributed by atoms with E-state index < -0.39 is 11.8 Å². The maximum Gasteiger partial charge on any atom is 0.274 e. The lowest BCUT2D eigenvalue weighted by Crippen LogP contribution is -2.35. The zero-order valence-electron chi connectivity index (χ0n) is 20.2. The number of methoxy groups -OCH3 is 1. The summed E-state index contributed by atoms with van der Waals surface area (Å²) in [4.78, 5) is 40.1. The van der Waals surface area contributed by atoms with Gasteiger partial charge in [-0.15, -0.1) is 11.6 Å². The average Bonchev–Trinajstić information content (AvgIpc) is 3.28. The van der Waals surface area contributed by atoms with E-state index in [2.05, 4.69) is 15.7 Å². The standard InChI is InChI=1S/C26H28ClN5O4/c1-28-25(34)23-21(14-15-27)24(32(30-23)19-10-12-20(36-2)13-11-19)26(35)29-17-6-8-18(9-7-17)31-16-4-3-5-22(31)33/h6-13H,3-5,14-16H2,1-2H3,(H,28,34)(H,29,35). The van der Waals surface area contributed by atoms with Gasteiger partial charge < -0.3 is 20.3 Å². The third-order valence-corrected chi connectivity index (χ3v) is 6.25. The molecule has 2 N–H and O–H groups in total. The summed E-state index contributed by atoms with van der Waals surface area (Å²) in [5, 5.41) is 9.95. The molecule has 9 nitrogen and oxygen atoms in total. The Morgan fingerprint density at radius 3 is 2.33 bits per heavy atom. The molecule has 0 atom stereocenters. The number of nitrogens with one attached hydrogen (secondary N) is 2. The highest BCUT2D eigenvalue weighted by atomic mass is 35.5. The van der Waals surface area contributed by atoms with Crippen LogP contribution in [0.2, 0.25) is 0 Å². The van der Waals surface area contributed by atoms with Crippen molar-refractivity contribution in [2.75, 3.05) is 36.8 Å². The van der Waals surface area contributed by atoms with Gasteiger partial charge in [0.05, 0.1) is 12.8 Å². The Bertz CT molecular complexity index is 1250. The van der Waals surface area contributed by atoms with E-state index in [0.717, 1.165) is 18.5 Å². The Kier molecular flexibility index (Phi) is 7.90. The van der Waals surface area contributed by atoms with Crippen LogP contribution in [0.5, 0.6) is 5.75 Å². The van der Waals surface area contributed by atoms with Crippen molar-refractivity contribution in [3.05, 3.63) is 65.5 Å². The summed E-state index contributed by atoms with van der Waals surface area (Å²) in [6, 6.07) is 14.1. The number of rotatable bonds is 8. The predicted molar refractivity (Wildman–Crippen MR) is 139 cm³/mol. The van der Waals surface area contributed by atoms with Gasteiger partial charge in [0.1, 0.15) is 11.4 Å². The van der Waals surface area contributed by atoms with Crippen molar-refractivity contribution in [1.29, 1.82) is 0 Å². The van der Waals surface area contributed by atoms with Crippen molar-refractivity contribution in [3.8, 4) is 11.4 Å². The lowest BCUT2D eigenvalue weighted by Gasteiger charge is -2.26. The van der Waals surface area contributed by atoms with Gasteiger partial charge in [0, 0.05) is 42.8 Å². The number of piperidine rings is 1. The van der Waals surface area contributed by atoms with Crippen LogP contribution in [0.25, 0.3) is 5.69 Å². The second kappa shape index (κ2) is 11.3. The molecule has 0 spiro atoms. The molecule has 0 radical (unpaired) electrons. The smallest absolute Gasteiger partial charge is 0.274 e. The summed E-state index contributed by atoms with van der Waals surface area (Å²) in [6.07, 6.45) is 2.70. The highest BCUT2D eigenvalue weighted by Crippen LogP contribution is 2.26. The van der Waals surface area contributed by atoms with E-state index in [1.54, 1.807) is 48.4 Å². The molecule has 3 aromatic rings. The molecule has 3 amide bonds. The zero-order chi connectivity index (χ0) is 25.7. The molecule has 1 aliphatic rings. The van der Waals surface area contributed by atoms with Gasteiger partial charge in [0.15, 0.2) is 5.69 Å². The van der Waals surface area contributed by atoms with Gasteiger partial charge >= 0.3 is 0 Å². The van der Waals surface area contributed by atoms with Crippen LogP contribution in [0.3, 0.4) is 0 Å². The number of alkyl halides is 1. The van der Waals surface area contributed by atoms with Crippen LogP contribution in [-0.4, -0.2) is 54.1 Å². The monoisotopic (exact) mass is 509 g/mol. The number of halogens is 1. The van der Waals surface area contributed by atoms with Crippen molar-refractivity contribution >= 4 is 40.7 Å². The largest absolute Gasteiger partial charge is 0.497 e. The average molecular weight is 510 g/mol. The number of hydrogen-bond donors (Lipinski definition) is 2. The number of anilines is 2. The first-order valence-electron chi connectivity index (χ1n) is 11.7. The molecule has 0 bridgehead atoms. The molecule has 36 heavy (non-hydrogen) atoms. The van der Waals surface area contributed by atoms with Crippen LogP contribution in [0.1, 0.15) is 45.8 Å². The number of hydrogen-bond acceptors (Lipinski definition) is 5. The minimum absolute atomic E-state index is 0.105. The van der Waals surface area contributed by atoms with Gasteiger partial charge in [0.25, 0.3) is 11.8 Å². The molecule has 1 aromatic heterocycles. The van der Waals surface area contributed by atoms with Gasteiger partial charge in [-0.3, -0.25) is 14.4 Å². The second-order valence-corrected chi connectivity index (χ2v) is 8.69. The summed E-state index contributed by atoms with van der Waals surface area (Å²) in [6.45, 7) is 0.690.